The van der Waals surface area contributed by atoms with Crippen molar-refractivity contribution in [2.24, 2.45) is 17.8 Å². The van der Waals surface area contributed by atoms with Gasteiger partial charge in [-0.1, -0.05) is 24.6 Å². The lowest BCUT2D eigenvalue weighted by atomic mass is 9.88. The van der Waals surface area contributed by atoms with Gasteiger partial charge in [0.1, 0.15) is 0 Å². The predicted octanol–water partition coefficient (Wildman–Crippen LogP) is 4.26. The molecule has 1 heterocycles. The normalized spacial score (nSPS) is 25.5. The standard InChI is InChI=1S/C23H24N2O2/c26-22(20-14-15-5-6-18(20)13-15)24-19-9-7-17(8-10-19)23(27)25-12-11-16-3-1-2-4-21(16)25/h1-4,7-10,15,18,20H,5-6,11-14H2,(H,24,26). The van der Waals surface area contributed by atoms with Crippen LogP contribution in [0.1, 0.15) is 41.6 Å². The maximum atomic E-state index is 12.9. The number of benzene rings is 2. The van der Waals surface area contributed by atoms with E-state index >= 15 is 0 Å². The summed E-state index contributed by atoms with van der Waals surface area (Å²) in [7, 11) is 0. The minimum Gasteiger partial charge on any atom is -0.326 e. The Hall–Kier alpha value is -2.62. The van der Waals surface area contributed by atoms with Crippen LogP contribution in [0.25, 0.3) is 0 Å². The molecule has 3 aliphatic rings. The van der Waals surface area contributed by atoms with Crippen molar-refractivity contribution < 1.29 is 9.59 Å². The molecule has 2 amide bonds. The number of hydrogen-bond donors (Lipinski definition) is 1. The molecule has 2 bridgehead atoms. The van der Waals surface area contributed by atoms with E-state index in [0.29, 0.717) is 11.5 Å². The van der Waals surface area contributed by atoms with Gasteiger partial charge in [-0.15, -0.1) is 0 Å². The fraction of sp³-hybridized carbons (Fsp3) is 0.391. The van der Waals surface area contributed by atoms with Crippen LogP contribution < -0.4 is 10.2 Å². The number of para-hydroxylation sites is 1. The van der Waals surface area contributed by atoms with E-state index in [0.717, 1.165) is 36.7 Å². The van der Waals surface area contributed by atoms with E-state index in [-0.39, 0.29) is 17.7 Å². The Morgan fingerprint density at radius 1 is 0.963 bits per heavy atom. The third kappa shape index (κ3) is 2.93. The molecule has 138 valence electrons. The molecular formula is C23H24N2O2. The number of carbonyl (C=O) groups excluding carboxylic acids is 2. The van der Waals surface area contributed by atoms with E-state index in [1.165, 1.54) is 24.8 Å². The van der Waals surface area contributed by atoms with Gasteiger partial charge in [-0.25, -0.2) is 0 Å². The second kappa shape index (κ2) is 6.52. The third-order valence-electron chi connectivity index (χ3n) is 6.61. The first kappa shape index (κ1) is 16.5. The van der Waals surface area contributed by atoms with Crippen molar-refractivity contribution in [1.82, 2.24) is 0 Å². The Kier molecular flexibility index (Phi) is 4.00. The Morgan fingerprint density at radius 3 is 2.52 bits per heavy atom. The predicted molar refractivity (Wildman–Crippen MR) is 106 cm³/mol. The van der Waals surface area contributed by atoms with E-state index in [1.54, 1.807) is 0 Å². The molecular weight excluding hydrogens is 336 g/mol. The quantitative estimate of drug-likeness (QED) is 0.889. The van der Waals surface area contributed by atoms with E-state index in [9.17, 15) is 9.59 Å². The van der Waals surface area contributed by atoms with Gasteiger partial charge in [0.15, 0.2) is 0 Å². The summed E-state index contributed by atoms with van der Waals surface area (Å²) in [4.78, 5) is 27.3. The molecule has 3 atom stereocenters. The summed E-state index contributed by atoms with van der Waals surface area (Å²) in [5.41, 5.74) is 3.67. The number of carbonyl (C=O) groups is 2. The second-order valence-corrected chi connectivity index (χ2v) is 8.18. The number of nitrogens with zero attached hydrogens (tertiary/aromatic N) is 1. The van der Waals surface area contributed by atoms with Crippen molar-refractivity contribution in [1.29, 1.82) is 0 Å². The van der Waals surface area contributed by atoms with Gasteiger partial charge in [-0.05, 0) is 73.4 Å². The molecule has 2 aromatic carbocycles. The first-order valence-corrected chi connectivity index (χ1v) is 10.00. The molecule has 27 heavy (non-hydrogen) atoms. The smallest absolute Gasteiger partial charge is 0.258 e. The van der Waals surface area contributed by atoms with Gasteiger partial charge in [-0.3, -0.25) is 9.59 Å². The zero-order valence-electron chi connectivity index (χ0n) is 15.4. The summed E-state index contributed by atoms with van der Waals surface area (Å²) >= 11 is 0. The number of nitrogens with one attached hydrogen (secondary N) is 1. The maximum Gasteiger partial charge on any atom is 0.258 e. The highest BCUT2D eigenvalue weighted by Crippen LogP contribution is 2.48. The van der Waals surface area contributed by atoms with Crippen LogP contribution >= 0.6 is 0 Å². The van der Waals surface area contributed by atoms with E-state index in [2.05, 4.69) is 11.4 Å². The molecule has 1 aliphatic heterocycles. The molecule has 4 heteroatoms. The lowest BCUT2D eigenvalue weighted by Gasteiger charge is -2.21. The SMILES string of the molecule is O=C(Nc1ccc(C(=O)N2CCc3ccccc32)cc1)C1CC2CCC1C2. The van der Waals surface area contributed by atoms with Gasteiger partial charge in [0.05, 0.1) is 0 Å². The lowest BCUT2D eigenvalue weighted by Crippen LogP contribution is -2.29. The number of fused-ring (bicyclic) bond motifs is 3. The Morgan fingerprint density at radius 2 is 1.78 bits per heavy atom. The first-order chi connectivity index (χ1) is 13.2. The van der Waals surface area contributed by atoms with Gasteiger partial charge in [0.25, 0.3) is 5.91 Å². The lowest BCUT2D eigenvalue weighted by molar-refractivity contribution is -0.121. The van der Waals surface area contributed by atoms with Crippen molar-refractivity contribution in [3.05, 3.63) is 59.7 Å². The molecule has 0 radical (unpaired) electrons. The monoisotopic (exact) mass is 360 g/mol. The third-order valence-corrected chi connectivity index (χ3v) is 6.61. The molecule has 4 nitrogen and oxygen atoms in total. The summed E-state index contributed by atoms with van der Waals surface area (Å²) in [6.45, 7) is 0.723. The Bertz CT molecular complexity index is 890. The van der Waals surface area contributed by atoms with Gasteiger partial charge in [0, 0.05) is 29.4 Å². The zero-order valence-corrected chi connectivity index (χ0v) is 15.4. The summed E-state index contributed by atoms with van der Waals surface area (Å²) in [6, 6.07) is 15.4. The average molecular weight is 360 g/mol. The van der Waals surface area contributed by atoms with Crippen LogP contribution in [0.5, 0.6) is 0 Å². The average Bonchev–Trinajstić information content (AvgIpc) is 3.43. The van der Waals surface area contributed by atoms with Crippen LogP contribution in [0.3, 0.4) is 0 Å². The van der Waals surface area contributed by atoms with E-state index in [1.807, 2.05) is 47.4 Å². The fourth-order valence-electron chi connectivity index (χ4n) is 5.20. The van der Waals surface area contributed by atoms with Crippen molar-refractivity contribution in [2.75, 3.05) is 16.8 Å². The van der Waals surface area contributed by atoms with Gasteiger partial charge < -0.3 is 10.2 Å². The molecule has 5 rings (SSSR count). The van der Waals surface area contributed by atoms with Gasteiger partial charge in [-0.2, -0.15) is 0 Å². The molecule has 0 aromatic heterocycles. The highest BCUT2D eigenvalue weighted by atomic mass is 16.2. The molecule has 3 unspecified atom stereocenters. The van der Waals surface area contributed by atoms with Crippen LogP contribution in [-0.2, 0) is 11.2 Å². The molecule has 0 saturated heterocycles. The zero-order chi connectivity index (χ0) is 18.4. The van der Waals surface area contributed by atoms with Crippen LogP contribution in [0.15, 0.2) is 48.5 Å². The van der Waals surface area contributed by atoms with Gasteiger partial charge in [0.2, 0.25) is 5.91 Å². The maximum absolute atomic E-state index is 12.9. The van der Waals surface area contributed by atoms with Crippen LogP contribution in [0, 0.1) is 17.8 Å². The summed E-state index contributed by atoms with van der Waals surface area (Å²) in [6.07, 6.45) is 5.67. The van der Waals surface area contributed by atoms with Crippen LogP contribution in [-0.4, -0.2) is 18.4 Å². The topological polar surface area (TPSA) is 49.4 Å². The molecule has 2 aromatic rings. The summed E-state index contributed by atoms with van der Waals surface area (Å²) in [5.74, 6) is 1.67. The van der Waals surface area contributed by atoms with Crippen LogP contribution in [0.4, 0.5) is 11.4 Å². The summed E-state index contributed by atoms with van der Waals surface area (Å²) < 4.78 is 0. The first-order valence-electron chi connectivity index (χ1n) is 10.00. The second-order valence-electron chi connectivity index (χ2n) is 8.18. The van der Waals surface area contributed by atoms with Gasteiger partial charge >= 0.3 is 0 Å². The molecule has 2 aliphatic carbocycles. The Balaban J connectivity index is 1.27. The molecule has 0 spiro atoms. The molecule has 2 saturated carbocycles. The summed E-state index contributed by atoms with van der Waals surface area (Å²) in [5, 5.41) is 3.06. The minimum atomic E-state index is 0.0194. The van der Waals surface area contributed by atoms with Crippen molar-refractivity contribution >= 4 is 23.2 Å². The van der Waals surface area contributed by atoms with E-state index in [4.69, 9.17) is 0 Å². The molecule has 1 N–H and O–H groups in total. The highest BCUT2D eigenvalue weighted by molar-refractivity contribution is 6.07. The number of rotatable bonds is 3. The number of hydrogen-bond acceptors (Lipinski definition) is 2. The Labute approximate surface area is 159 Å². The largest absolute Gasteiger partial charge is 0.326 e. The van der Waals surface area contributed by atoms with Crippen LogP contribution in [0.2, 0.25) is 0 Å². The number of amides is 2. The molecule has 2 fully saturated rings. The highest BCUT2D eigenvalue weighted by Gasteiger charge is 2.43. The van der Waals surface area contributed by atoms with Crippen molar-refractivity contribution in [3.8, 4) is 0 Å². The fourth-order valence-corrected chi connectivity index (χ4v) is 5.20. The van der Waals surface area contributed by atoms with Crippen molar-refractivity contribution in [3.63, 3.8) is 0 Å². The van der Waals surface area contributed by atoms with E-state index < -0.39 is 0 Å². The number of anilines is 2. The minimum absolute atomic E-state index is 0.0194. The van der Waals surface area contributed by atoms with Crippen molar-refractivity contribution in [2.45, 2.75) is 32.1 Å².